The van der Waals surface area contributed by atoms with Gasteiger partial charge in [-0.3, -0.25) is 4.79 Å². The lowest BCUT2D eigenvalue weighted by Gasteiger charge is -2.05. The molecule has 1 heterocycles. The monoisotopic (exact) mass is 408 g/mol. The molecule has 29 heavy (non-hydrogen) atoms. The average Bonchev–Trinajstić information content (AvgIpc) is 3.16. The van der Waals surface area contributed by atoms with Gasteiger partial charge < -0.3 is 14.8 Å². The average molecular weight is 409 g/mol. The molecular formula is C23H24N2O3S. The third-order valence-electron chi connectivity index (χ3n) is 4.16. The van der Waals surface area contributed by atoms with Crippen LogP contribution in [-0.4, -0.2) is 18.0 Å². The molecule has 0 spiro atoms. The van der Waals surface area contributed by atoms with Crippen LogP contribution in [0, 0.1) is 6.92 Å². The number of methoxy groups -OCH3 is 1. The number of carbonyl (C=O) groups is 1. The highest BCUT2D eigenvalue weighted by molar-refractivity contribution is 7.09. The molecule has 6 heteroatoms. The predicted octanol–water partition coefficient (Wildman–Crippen LogP) is 4.51. The molecular weight excluding hydrogens is 384 g/mol. The van der Waals surface area contributed by atoms with Gasteiger partial charge in [-0.05, 0) is 41.8 Å². The number of nitrogens with zero attached hydrogens (tertiary/aromatic N) is 1. The minimum atomic E-state index is -0.134. The molecule has 2 aromatic carbocycles. The van der Waals surface area contributed by atoms with Crippen molar-refractivity contribution < 1.29 is 14.3 Å². The third kappa shape index (κ3) is 6.85. The summed E-state index contributed by atoms with van der Waals surface area (Å²) >= 11 is 1.61. The van der Waals surface area contributed by atoms with Crippen molar-refractivity contribution in [1.29, 1.82) is 0 Å². The van der Waals surface area contributed by atoms with E-state index in [4.69, 9.17) is 9.47 Å². The Morgan fingerprint density at radius 1 is 1.07 bits per heavy atom. The lowest BCUT2D eigenvalue weighted by atomic mass is 10.1. The molecule has 150 valence electrons. The third-order valence-corrected chi connectivity index (χ3v) is 4.98. The molecule has 0 radical (unpaired) electrons. The first-order valence-corrected chi connectivity index (χ1v) is 10.2. The van der Waals surface area contributed by atoms with Crippen molar-refractivity contribution in [1.82, 2.24) is 10.3 Å². The highest BCUT2D eigenvalue weighted by Crippen LogP contribution is 2.16. The van der Waals surface area contributed by atoms with Crippen molar-refractivity contribution >= 4 is 23.3 Å². The molecule has 0 bridgehead atoms. The maximum Gasteiger partial charge on any atom is 0.244 e. The normalized spacial score (nSPS) is 11.0. The van der Waals surface area contributed by atoms with E-state index in [1.165, 1.54) is 6.08 Å². The van der Waals surface area contributed by atoms with Gasteiger partial charge in [-0.15, -0.1) is 11.3 Å². The smallest absolute Gasteiger partial charge is 0.244 e. The summed E-state index contributed by atoms with van der Waals surface area (Å²) in [6.07, 6.45) is 3.32. The van der Waals surface area contributed by atoms with Crippen molar-refractivity contribution in [3.05, 3.63) is 87.4 Å². The Balaban J connectivity index is 1.44. The first kappa shape index (κ1) is 20.8. The van der Waals surface area contributed by atoms with Crippen LogP contribution in [0.1, 0.15) is 27.4 Å². The van der Waals surface area contributed by atoms with E-state index in [2.05, 4.69) is 10.3 Å². The number of nitrogens with one attached hydrogen (secondary N) is 1. The van der Waals surface area contributed by atoms with Crippen LogP contribution in [0.25, 0.3) is 6.08 Å². The summed E-state index contributed by atoms with van der Waals surface area (Å²) in [5, 5.41) is 5.92. The Labute approximate surface area is 175 Å². The van der Waals surface area contributed by atoms with E-state index < -0.39 is 0 Å². The zero-order valence-corrected chi connectivity index (χ0v) is 17.4. The maximum atomic E-state index is 12.0. The van der Waals surface area contributed by atoms with E-state index in [-0.39, 0.29) is 5.91 Å². The number of hydrogen-bond donors (Lipinski definition) is 1. The Kier molecular flexibility index (Phi) is 7.55. The summed E-state index contributed by atoms with van der Waals surface area (Å²) in [7, 11) is 1.67. The van der Waals surface area contributed by atoms with Gasteiger partial charge in [-0.25, -0.2) is 4.98 Å². The van der Waals surface area contributed by atoms with Crippen LogP contribution in [0.5, 0.6) is 5.75 Å². The Morgan fingerprint density at radius 2 is 1.79 bits per heavy atom. The summed E-state index contributed by atoms with van der Waals surface area (Å²) in [6, 6.07) is 15.6. The molecule has 3 rings (SSSR count). The van der Waals surface area contributed by atoms with Crippen LogP contribution in [-0.2, 0) is 29.3 Å². The summed E-state index contributed by atoms with van der Waals surface area (Å²) in [5.74, 6) is 0.638. The molecule has 0 aliphatic heterocycles. The van der Waals surface area contributed by atoms with E-state index >= 15 is 0 Å². The predicted molar refractivity (Wildman–Crippen MR) is 116 cm³/mol. The second kappa shape index (κ2) is 10.5. The van der Waals surface area contributed by atoms with E-state index in [1.807, 2.05) is 60.8 Å². The highest BCUT2D eigenvalue weighted by Gasteiger charge is 2.01. The molecule has 3 aromatic rings. The number of rotatable bonds is 9. The van der Waals surface area contributed by atoms with Gasteiger partial charge in [-0.1, -0.05) is 36.4 Å². The summed E-state index contributed by atoms with van der Waals surface area (Å²) in [4.78, 5) is 16.4. The van der Waals surface area contributed by atoms with Gasteiger partial charge in [0.15, 0.2) is 0 Å². The fourth-order valence-corrected chi connectivity index (χ4v) is 3.24. The summed E-state index contributed by atoms with van der Waals surface area (Å²) in [6.45, 7) is 3.50. The van der Waals surface area contributed by atoms with Gasteiger partial charge in [-0.2, -0.15) is 0 Å². The lowest BCUT2D eigenvalue weighted by Crippen LogP contribution is -2.20. The number of aryl methyl sites for hydroxylation is 1. The molecule has 0 atom stereocenters. The number of aromatic nitrogens is 1. The molecule has 0 unspecified atom stereocenters. The molecule has 1 aromatic heterocycles. The number of benzene rings is 2. The number of amides is 1. The Morgan fingerprint density at radius 3 is 2.45 bits per heavy atom. The van der Waals surface area contributed by atoms with E-state index in [9.17, 15) is 4.79 Å². The second-order valence-corrected chi connectivity index (χ2v) is 7.58. The van der Waals surface area contributed by atoms with Gasteiger partial charge in [0.25, 0.3) is 0 Å². The molecule has 0 saturated carbocycles. The standard InChI is InChI=1S/C23H24N2O3S/c1-17-25-21(16-29-17)15-28-22-10-7-18(8-11-22)9-12-23(26)24-13-19-3-5-20(6-4-19)14-27-2/h3-12,16H,13-15H2,1-2H3,(H,24,26)/b12-9+. The van der Waals surface area contributed by atoms with Crippen LogP contribution in [0.15, 0.2) is 60.0 Å². The van der Waals surface area contributed by atoms with Gasteiger partial charge >= 0.3 is 0 Å². The Hall–Kier alpha value is -2.96. The molecule has 0 aliphatic rings. The van der Waals surface area contributed by atoms with Crippen LogP contribution in [0.3, 0.4) is 0 Å². The van der Waals surface area contributed by atoms with Crippen LogP contribution < -0.4 is 10.1 Å². The zero-order valence-electron chi connectivity index (χ0n) is 16.6. The quantitative estimate of drug-likeness (QED) is 0.530. The number of thiazole rings is 1. The summed E-state index contributed by atoms with van der Waals surface area (Å²) in [5.41, 5.74) is 4.02. The minimum Gasteiger partial charge on any atom is -0.487 e. The van der Waals surface area contributed by atoms with Crippen molar-refractivity contribution in [2.45, 2.75) is 26.7 Å². The second-order valence-electron chi connectivity index (χ2n) is 6.52. The van der Waals surface area contributed by atoms with Crippen LogP contribution in [0.4, 0.5) is 0 Å². The van der Waals surface area contributed by atoms with E-state index in [0.29, 0.717) is 19.8 Å². The van der Waals surface area contributed by atoms with Gasteiger partial charge in [0.1, 0.15) is 12.4 Å². The van der Waals surface area contributed by atoms with Crippen LogP contribution >= 0.6 is 11.3 Å². The van der Waals surface area contributed by atoms with E-state index in [0.717, 1.165) is 33.1 Å². The molecule has 0 saturated heterocycles. The SMILES string of the molecule is COCc1ccc(CNC(=O)/C=C/c2ccc(OCc3csc(C)n3)cc2)cc1. The highest BCUT2D eigenvalue weighted by atomic mass is 32.1. The molecule has 1 N–H and O–H groups in total. The van der Waals surface area contributed by atoms with Gasteiger partial charge in [0.2, 0.25) is 5.91 Å². The first-order valence-electron chi connectivity index (χ1n) is 9.29. The van der Waals surface area contributed by atoms with E-state index in [1.54, 1.807) is 24.5 Å². The van der Waals surface area contributed by atoms with Crippen molar-refractivity contribution in [3.63, 3.8) is 0 Å². The topological polar surface area (TPSA) is 60.5 Å². The van der Waals surface area contributed by atoms with Gasteiger partial charge in [0.05, 0.1) is 17.3 Å². The van der Waals surface area contributed by atoms with Gasteiger partial charge in [0, 0.05) is 25.1 Å². The Bertz CT molecular complexity index is 947. The molecule has 0 aliphatic carbocycles. The largest absolute Gasteiger partial charge is 0.487 e. The number of ether oxygens (including phenoxy) is 2. The molecule has 5 nitrogen and oxygen atoms in total. The minimum absolute atomic E-state index is 0.134. The van der Waals surface area contributed by atoms with Crippen molar-refractivity contribution in [3.8, 4) is 5.75 Å². The van der Waals surface area contributed by atoms with Crippen molar-refractivity contribution in [2.24, 2.45) is 0 Å². The first-order chi connectivity index (χ1) is 14.1. The fourth-order valence-electron chi connectivity index (χ4n) is 2.65. The maximum absolute atomic E-state index is 12.0. The lowest BCUT2D eigenvalue weighted by molar-refractivity contribution is -0.116. The molecule has 0 fully saturated rings. The molecule has 1 amide bonds. The fraction of sp³-hybridized carbons (Fsp3) is 0.217. The number of hydrogen-bond acceptors (Lipinski definition) is 5. The number of carbonyl (C=O) groups excluding carboxylic acids is 1. The van der Waals surface area contributed by atoms with Crippen LogP contribution in [0.2, 0.25) is 0 Å². The zero-order chi connectivity index (χ0) is 20.5. The summed E-state index contributed by atoms with van der Waals surface area (Å²) < 4.78 is 10.8. The van der Waals surface area contributed by atoms with Crippen molar-refractivity contribution in [2.75, 3.05) is 7.11 Å².